The predicted octanol–water partition coefficient (Wildman–Crippen LogP) is 2.21. The molecule has 2 aromatic heterocycles. The van der Waals surface area contributed by atoms with E-state index in [4.69, 9.17) is 5.73 Å². The van der Waals surface area contributed by atoms with Crippen molar-refractivity contribution in [2.75, 3.05) is 24.1 Å². The van der Waals surface area contributed by atoms with Crippen LogP contribution in [0.2, 0.25) is 0 Å². The minimum absolute atomic E-state index is 0.257. The lowest BCUT2D eigenvalue weighted by atomic mass is 10.1. The van der Waals surface area contributed by atoms with Gasteiger partial charge in [-0.3, -0.25) is 4.57 Å². The Labute approximate surface area is 182 Å². The van der Waals surface area contributed by atoms with Crippen LogP contribution in [0.4, 0.5) is 11.8 Å². The number of anilines is 2. The number of unbranched alkanes of at least 4 members (excludes halogenated alkanes) is 2. The van der Waals surface area contributed by atoms with Crippen molar-refractivity contribution in [1.29, 1.82) is 0 Å². The summed E-state index contributed by atoms with van der Waals surface area (Å²) in [7, 11) is 0. The Hall–Kier alpha value is -2.91. The third kappa shape index (κ3) is 6.28. The SMILES string of the molecule is CCCCCNc1nc(N)c2[nH]c(=O)n(Cc3ccc(CNCC(C)(C)O)cc3)c2n1. The molecule has 0 saturated carbocycles. The van der Waals surface area contributed by atoms with Gasteiger partial charge in [-0.25, -0.2) is 4.79 Å². The fraction of sp³-hybridized carbons (Fsp3) is 0.500. The highest BCUT2D eigenvalue weighted by molar-refractivity contribution is 5.82. The second kappa shape index (κ2) is 9.93. The van der Waals surface area contributed by atoms with E-state index in [-0.39, 0.29) is 11.5 Å². The normalized spacial score (nSPS) is 11.9. The summed E-state index contributed by atoms with van der Waals surface area (Å²) in [5, 5.41) is 16.2. The van der Waals surface area contributed by atoms with E-state index >= 15 is 0 Å². The number of hydrogen-bond donors (Lipinski definition) is 5. The van der Waals surface area contributed by atoms with Crippen molar-refractivity contribution in [3.8, 4) is 0 Å². The molecule has 0 unspecified atom stereocenters. The first-order chi connectivity index (χ1) is 14.8. The number of fused-ring (bicyclic) bond motifs is 1. The summed E-state index contributed by atoms with van der Waals surface area (Å²) in [6.45, 7) is 7.99. The maximum Gasteiger partial charge on any atom is 0.328 e. The van der Waals surface area contributed by atoms with Crippen LogP contribution in [0.5, 0.6) is 0 Å². The molecule has 2 heterocycles. The van der Waals surface area contributed by atoms with Crippen LogP contribution in [0.3, 0.4) is 0 Å². The molecule has 6 N–H and O–H groups in total. The summed E-state index contributed by atoms with van der Waals surface area (Å²) in [6, 6.07) is 8.00. The number of nitrogens with one attached hydrogen (secondary N) is 3. The van der Waals surface area contributed by atoms with Crippen molar-refractivity contribution in [2.24, 2.45) is 0 Å². The van der Waals surface area contributed by atoms with Crippen molar-refractivity contribution in [2.45, 2.75) is 58.7 Å². The summed E-state index contributed by atoms with van der Waals surface area (Å²) in [5.41, 5.74) is 8.07. The number of aromatic nitrogens is 4. The average molecular weight is 428 g/mol. The summed E-state index contributed by atoms with van der Waals surface area (Å²) in [4.78, 5) is 24.1. The molecular formula is C22H33N7O2. The first-order valence-corrected chi connectivity index (χ1v) is 10.8. The topological polar surface area (TPSA) is 134 Å². The lowest BCUT2D eigenvalue weighted by Crippen LogP contribution is -2.34. The van der Waals surface area contributed by atoms with Crippen LogP contribution in [0.1, 0.15) is 51.2 Å². The molecule has 0 amide bonds. The summed E-state index contributed by atoms with van der Waals surface area (Å²) in [5.74, 6) is 0.689. The van der Waals surface area contributed by atoms with E-state index < -0.39 is 5.60 Å². The fourth-order valence-corrected chi connectivity index (χ4v) is 3.31. The third-order valence-corrected chi connectivity index (χ3v) is 4.96. The smallest absolute Gasteiger partial charge is 0.328 e. The molecule has 0 aliphatic rings. The number of nitrogens with two attached hydrogens (primary N) is 1. The second-order valence-electron chi connectivity index (χ2n) is 8.51. The Morgan fingerprint density at radius 1 is 1.16 bits per heavy atom. The van der Waals surface area contributed by atoms with Crippen LogP contribution >= 0.6 is 0 Å². The van der Waals surface area contributed by atoms with Gasteiger partial charge < -0.3 is 26.5 Å². The van der Waals surface area contributed by atoms with Gasteiger partial charge in [0.1, 0.15) is 5.52 Å². The Morgan fingerprint density at radius 2 is 1.87 bits per heavy atom. The summed E-state index contributed by atoms with van der Waals surface area (Å²) in [6.07, 6.45) is 3.28. The number of H-pyrrole nitrogens is 1. The number of aromatic amines is 1. The molecule has 0 saturated heterocycles. The first-order valence-electron chi connectivity index (χ1n) is 10.8. The maximum absolute atomic E-state index is 12.5. The zero-order chi connectivity index (χ0) is 22.4. The molecule has 168 valence electrons. The van der Waals surface area contributed by atoms with Gasteiger partial charge in [-0.05, 0) is 31.4 Å². The van der Waals surface area contributed by atoms with Gasteiger partial charge in [0.05, 0.1) is 12.1 Å². The summed E-state index contributed by atoms with van der Waals surface area (Å²) < 4.78 is 1.58. The molecule has 1 aromatic carbocycles. The van der Waals surface area contributed by atoms with Crippen molar-refractivity contribution < 1.29 is 5.11 Å². The van der Waals surface area contributed by atoms with Gasteiger partial charge in [0.25, 0.3) is 0 Å². The number of benzene rings is 1. The van der Waals surface area contributed by atoms with Gasteiger partial charge in [0.15, 0.2) is 11.5 Å². The highest BCUT2D eigenvalue weighted by Gasteiger charge is 2.14. The predicted molar refractivity (Wildman–Crippen MR) is 124 cm³/mol. The molecule has 0 atom stereocenters. The van der Waals surface area contributed by atoms with Crippen LogP contribution in [-0.4, -0.2) is 43.3 Å². The molecular weight excluding hydrogens is 394 g/mol. The first kappa shape index (κ1) is 22.8. The molecule has 3 aromatic rings. The molecule has 0 spiro atoms. The van der Waals surface area contributed by atoms with Crippen molar-refractivity contribution in [3.63, 3.8) is 0 Å². The Balaban J connectivity index is 1.74. The van der Waals surface area contributed by atoms with E-state index in [0.717, 1.165) is 36.9 Å². The van der Waals surface area contributed by atoms with Crippen molar-refractivity contribution >= 4 is 22.9 Å². The largest absolute Gasteiger partial charge is 0.389 e. The number of nitrogen functional groups attached to an aromatic ring is 1. The highest BCUT2D eigenvalue weighted by Crippen LogP contribution is 2.18. The minimum atomic E-state index is -0.746. The molecule has 0 aliphatic carbocycles. The molecule has 3 rings (SSSR count). The number of rotatable bonds is 11. The number of hydrogen-bond acceptors (Lipinski definition) is 7. The Kier molecular flexibility index (Phi) is 7.29. The lowest BCUT2D eigenvalue weighted by molar-refractivity contribution is 0.0795. The van der Waals surface area contributed by atoms with Crippen LogP contribution in [0.15, 0.2) is 29.1 Å². The van der Waals surface area contributed by atoms with Gasteiger partial charge in [-0.1, -0.05) is 44.0 Å². The molecule has 9 nitrogen and oxygen atoms in total. The molecule has 0 aliphatic heterocycles. The second-order valence-corrected chi connectivity index (χ2v) is 8.51. The quantitative estimate of drug-likeness (QED) is 0.296. The third-order valence-electron chi connectivity index (χ3n) is 4.96. The maximum atomic E-state index is 12.5. The standard InChI is InChI=1S/C22H33N7O2/c1-4-5-6-11-25-20-27-18(23)17-19(28-20)29(21(30)26-17)13-16-9-7-15(8-10-16)12-24-14-22(2,3)31/h7-10,24,31H,4-6,11-14H2,1-3H3,(H,26,30)(H3,23,25,27,28). The van der Waals surface area contributed by atoms with E-state index in [9.17, 15) is 9.90 Å². The monoisotopic (exact) mass is 427 g/mol. The molecule has 0 bridgehead atoms. The van der Waals surface area contributed by atoms with Crippen molar-refractivity contribution in [3.05, 3.63) is 45.9 Å². The fourth-order valence-electron chi connectivity index (χ4n) is 3.31. The zero-order valence-electron chi connectivity index (χ0n) is 18.5. The zero-order valence-corrected chi connectivity index (χ0v) is 18.5. The Morgan fingerprint density at radius 3 is 2.55 bits per heavy atom. The van der Waals surface area contributed by atoms with Crippen molar-refractivity contribution in [1.82, 2.24) is 24.8 Å². The van der Waals surface area contributed by atoms with E-state index in [0.29, 0.717) is 36.7 Å². The van der Waals surface area contributed by atoms with Crippen LogP contribution in [0, 0.1) is 0 Å². The van der Waals surface area contributed by atoms with E-state index in [1.807, 2.05) is 24.3 Å². The lowest BCUT2D eigenvalue weighted by Gasteiger charge is -2.17. The molecule has 0 fully saturated rings. The minimum Gasteiger partial charge on any atom is -0.389 e. The van der Waals surface area contributed by atoms with Gasteiger partial charge in [0.2, 0.25) is 5.95 Å². The number of imidazole rings is 1. The van der Waals surface area contributed by atoms with Gasteiger partial charge in [-0.15, -0.1) is 0 Å². The van der Waals surface area contributed by atoms with Gasteiger partial charge >= 0.3 is 5.69 Å². The molecule has 9 heteroatoms. The summed E-state index contributed by atoms with van der Waals surface area (Å²) >= 11 is 0. The van der Waals surface area contributed by atoms with Crippen LogP contribution in [0.25, 0.3) is 11.2 Å². The van der Waals surface area contributed by atoms with E-state index in [1.165, 1.54) is 0 Å². The van der Waals surface area contributed by atoms with E-state index in [1.54, 1.807) is 18.4 Å². The highest BCUT2D eigenvalue weighted by atomic mass is 16.3. The van der Waals surface area contributed by atoms with Crippen LogP contribution < -0.4 is 22.1 Å². The average Bonchev–Trinajstić information content (AvgIpc) is 3.02. The van der Waals surface area contributed by atoms with Gasteiger partial charge in [-0.2, -0.15) is 9.97 Å². The number of aliphatic hydroxyl groups is 1. The Bertz CT molecular complexity index is 1050. The number of nitrogens with zero attached hydrogens (tertiary/aromatic N) is 3. The molecule has 0 radical (unpaired) electrons. The molecule has 31 heavy (non-hydrogen) atoms. The van der Waals surface area contributed by atoms with Crippen LogP contribution in [-0.2, 0) is 13.1 Å². The van der Waals surface area contributed by atoms with Gasteiger partial charge in [0, 0.05) is 19.6 Å². The van der Waals surface area contributed by atoms with E-state index in [2.05, 4.69) is 32.5 Å².